The van der Waals surface area contributed by atoms with E-state index in [4.69, 9.17) is 10.5 Å². The summed E-state index contributed by atoms with van der Waals surface area (Å²) in [7, 11) is 0. The third-order valence-corrected chi connectivity index (χ3v) is 3.17. The molecule has 1 atom stereocenters. The van der Waals surface area contributed by atoms with Gasteiger partial charge in [0.15, 0.2) is 6.10 Å². The quantitative estimate of drug-likeness (QED) is 0.843. The number of hydrogen-bond donors (Lipinski definition) is 2. The number of carbonyl (C=O) groups is 1. The number of hydrogen-bond acceptors (Lipinski definition) is 3. The summed E-state index contributed by atoms with van der Waals surface area (Å²) in [5.74, 6) is 0.257. The van der Waals surface area contributed by atoms with Crippen LogP contribution in [0.3, 0.4) is 0 Å². The molecule has 1 aromatic rings. The lowest BCUT2D eigenvalue weighted by atomic mass is 10.1. The van der Waals surface area contributed by atoms with Gasteiger partial charge in [-0.2, -0.15) is 0 Å². The fraction of sp³-hybridized carbons (Fsp3) is 0.500. The van der Waals surface area contributed by atoms with E-state index in [-0.39, 0.29) is 0 Å². The Morgan fingerprint density at radius 2 is 2.05 bits per heavy atom. The maximum Gasteiger partial charge on any atom is 0.258 e. The Hall–Kier alpha value is -1.07. The molecular weight excluding hydrogens is 308 g/mol. The minimum Gasteiger partial charge on any atom is -0.480 e. The van der Waals surface area contributed by atoms with Crippen LogP contribution in [0, 0.1) is 6.92 Å². The predicted molar refractivity (Wildman–Crippen MR) is 80.1 cm³/mol. The highest BCUT2D eigenvalue weighted by atomic mass is 79.9. The van der Waals surface area contributed by atoms with E-state index in [2.05, 4.69) is 35.1 Å². The molecule has 0 aliphatic heterocycles. The van der Waals surface area contributed by atoms with Crippen LogP contribution < -0.4 is 15.8 Å². The number of carbonyl (C=O) groups excluding carboxylic acids is 1. The molecule has 3 N–H and O–H groups in total. The highest BCUT2D eigenvalue weighted by Crippen LogP contribution is 2.29. The summed E-state index contributed by atoms with van der Waals surface area (Å²) in [6.07, 6.45) is -0.641. The standard InChI is InChI=1S/C14H21BrN2O2/c1-8(2)17-7-11-6-12(15)5-9(3)13(11)19-10(4)14(16)18/h5-6,8,10,17H,7H2,1-4H3,(H2,16,18). The van der Waals surface area contributed by atoms with Crippen LogP contribution in [-0.4, -0.2) is 18.1 Å². The van der Waals surface area contributed by atoms with Crippen molar-refractivity contribution in [2.24, 2.45) is 5.73 Å². The van der Waals surface area contributed by atoms with Gasteiger partial charge in [-0.15, -0.1) is 0 Å². The number of nitrogens with two attached hydrogens (primary N) is 1. The summed E-state index contributed by atoms with van der Waals surface area (Å²) < 4.78 is 6.68. The van der Waals surface area contributed by atoms with Crippen molar-refractivity contribution in [3.63, 3.8) is 0 Å². The van der Waals surface area contributed by atoms with Crippen molar-refractivity contribution < 1.29 is 9.53 Å². The molecule has 1 unspecified atom stereocenters. The van der Waals surface area contributed by atoms with E-state index in [1.54, 1.807) is 6.92 Å². The first-order valence-corrected chi connectivity index (χ1v) is 7.09. The van der Waals surface area contributed by atoms with Crippen LogP contribution in [0.1, 0.15) is 31.9 Å². The van der Waals surface area contributed by atoms with E-state index < -0.39 is 12.0 Å². The third-order valence-electron chi connectivity index (χ3n) is 2.71. The summed E-state index contributed by atoms with van der Waals surface area (Å²) >= 11 is 3.47. The Bertz CT molecular complexity index is 461. The second-order valence-electron chi connectivity index (χ2n) is 4.91. The number of rotatable bonds is 6. The molecule has 106 valence electrons. The molecular formula is C14H21BrN2O2. The second-order valence-corrected chi connectivity index (χ2v) is 5.82. The normalized spacial score (nSPS) is 12.5. The second kappa shape index (κ2) is 6.91. The van der Waals surface area contributed by atoms with E-state index in [1.165, 1.54) is 0 Å². The van der Waals surface area contributed by atoms with E-state index in [1.807, 2.05) is 19.1 Å². The minimum absolute atomic E-state index is 0.376. The van der Waals surface area contributed by atoms with Gasteiger partial charge >= 0.3 is 0 Å². The predicted octanol–water partition coefficient (Wildman–Crippen LogP) is 2.51. The lowest BCUT2D eigenvalue weighted by molar-refractivity contribution is -0.124. The first-order valence-electron chi connectivity index (χ1n) is 6.29. The van der Waals surface area contributed by atoms with Crippen LogP contribution in [0.5, 0.6) is 5.75 Å². The van der Waals surface area contributed by atoms with Gasteiger partial charge in [0.05, 0.1) is 0 Å². The number of nitrogens with one attached hydrogen (secondary N) is 1. The van der Waals surface area contributed by atoms with Crippen LogP contribution >= 0.6 is 15.9 Å². The van der Waals surface area contributed by atoms with Gasteiger partial charge in [-0.3, -0.25) is 4.79 Å². The van der Waals surface area contributed by atoms with Crippen LogP contribution in [0.15, 0.2) is 16.6 Å². The molecule has 0 saturated heterocycles. The summed E-state index contributed by atoms with van der Waals surface area (Å²) in [4.78, 5) is 11.1. The summed E-state index contributed by atoms with van der Waals surface area (Å²) in [5, 5.41) is 3.34. The molecule has 0 radical (unpaired) electrons. The first kappa shape index (κ1) is 16.0. The van der Waals surface area contributed by atoms with Gasteiger partial charge in [0, 0.05) is 22.6 Å². The first-order chi connectivity index (χ1) is 8.81. The number of benzene rings is 1. The fourth-order valence-corrected chi connectivity index (χ4v) is 2.27. The van der Waals surface area contributed by atoms with E-state index in [0.717, 1.165) is 21.3 Å². The highest BCUT2D eigenvalue weighted by molar-refractivity contribution is 9.10. The van der Waals surface area contributed by atoms with Crippen molar-refractivity contribution in [3.05, 3.63) is 27.7 Å². The molecule has 0 aliphatic carbocycles. The molecule has 0 bridgehead atoms. The van der Waals surface area contributed by atoms with Gasteiger partial charge in [0.25, 0.3) is 5.91 Å². The Morgan fingerprint density at radius 1 is 1.42 bits per heavy atom. The molecule has 4 nitrogen and oxygen atoms in total. The Morgan fingerprint density at radius 3 is 2.58 bits per heavy atom. The van der Waals surface area contributed by atoms with Crippen molar-refractivity contribution in [3.8, 4) is 5.75 Å². The molecule has 1 aromatic carbocycles. The molecule has 5 heteroatoms. The monoisotopic (exact) mass is 328 g/mol. The molecule has 1 amide bonds. The van der Waals surface area contributed by atoms with Crippen molar-refractivity contribution in [1.82, 2.24) is 5.32 Å². The maximum absolute atomic E-state index is 11.1. The molecule has 0 saturated carbocycles. The number of halogens is 1. The zero-order chi connectivity index (χ0) is 14.6. The van der Waals surface area contributed by atoms with E-state index >= 15 is 0 Å². The van der Waals surface area contributed by atoms with Crippen molar-refractivity contribution in [2.75, 3.05) is 0 Å². The zero-order valence-corrected chi connectivity index (χ0v) is 13.4. The molecule has 19 heavy (non-hydrogen) atoms. The molecule has 0 spiro atoms. The van der Waals surface area contributed by atoms with Gasteiger partial charge in [0.1, 0.15) is 5.75 Å². The average Bonchev–Trinajstić information content (AvgIpc) is 2.29. The number of primary amides is 1. The van der Waals surface area contributed by atoms with E-state index in [9.17, 15) is 4.79 Å². The van der Waals surface area contributed by atoms with Gasteiger partial charge in [0.2, 0.25) is 0 Å². The van der Waals surface area contributed by atoms with Gasteiger partial charge in [-0.05, 0) is 31.5 Å². The van der Waals surface area contributed by atoms with Gasteiger partial charge < -0.3 is 15.8 Å². The largest absolute Gasteiger partial charge is 0.480 e. The van der Waals surface area contributed by atoms with Crippen molar-refractivity contribution >= 4 is 21.8 Å². The molecule has 0 aliphatic rings. The molecule has 0 aromatic heterocycles. The van der Waals surface area contributed by atoms with Crippen LogP contribution in [0.4, 0.5) is 0 Å². The van der Waals surface area contributed by atoms with Gasteiger partial charge in [-0.1, -0.05) is 29.8 Å². The maximum atomic E-state index is 11.1. The topological polar surface area (TPSA) is 64.3 Å². The molecule has 1 rings (SSSR count). The Balaban J connectivity index is 3.02. The Kier molecular flexibility index (Phi) is 5.82. The lowest BCUT2D eigenvalue weighted by Crippen LogP contribution is -2.31. The molecule has 0 fully saturated rings. The number of aryl methyl sites for hydroxylation is 1. The minimum atomic E-state index is -0.641. The smallest absolute Gasteiger partial charge is 0.258 e. The summed E-state index contributed by atoms with van der Waals surface area (Å²) in [5.41, 5.74) is 7.23. The summed E-state index contributed by atoms with van der Waals surface area (Å²) in [6, 6.07) is 4.33. The Labute approximate surface area is 122 Å². The van der Waals surface area contributed by atoms with E-state index in [0.29, 0.717) is 12.6 Å². The van der Waals surface area contributed by atoms with Crippen molar-refractivity contribution in [2.45, 2.75) is 46.4 Å². The summed E-state index contributed by atoms with van der Waals surface area (Å²) in [6.45, 7) is 8.45. The SMILES string of the molecule is Cc1cc(Br)cc(CNC(C)C)c1OC(C)C(N)=O. The zero-order valence-electron chi connectivity index (χ0n) is 11.8. The number of ether oxygens (including phenoxy) is 1. The van der Waals surface area contributed by atoms with Crippen LogP contribution in [-0.2, 0) is 11.3 Å². The van der Waals surface area contributed by atoms with Gasteiger partial charge in [-0.25, -0.2) is 0 Å². The van der Waals surface area contributed by atoms with Crippen LogP contribution in [0.2, 0.25) is 0 Å². The van der Waals surface area contributed by atoms with Crippen LogP contribution in [0.25, 0.3) is 0 Å². The molecule has 0 heterocycles. The third kappa shape index (κ3) is 4.84. The highest BCUT2D eigenvalue weighted by Gasteiger charge is 2.16. The average molecular weight is 329 g/mol. The van der Waals surface area contributed by atoms with Crippen molar-refractivity contribution in [1.29, 1.82) is 0 Å². The fourth-order valence-electron chi connectivity index (χ4n) is 1.65. The number of amides is 1. The lowest BCUT2D eigenvalue weighted by Gasteiger charge is -2.19.